The predicted molar refractivity (Wildman–Crippen MR) is 151 cm³/mol. The molecule has 4 rings (SSSR count). The standard InChI is InChI=1S/C28H33ClN4O2S/c1-17-7-12-22(18(2)15-17)32-25(34)23-19(3)30-27-33(13-6-14-36-27)24(23)20-8-10-21(11-9-20)31-26(35)28(4,5)16-29/h7-12,15,24H,6,13-14,16H2,1-5H3,(H,31,35)(H,32,34). The summed E-state index contributed by atoms with van der Waals surface area (Å²) in [6.45, 7) is 10.4. The number of carbonyl (C=O) groups is 2. The SMILES string of the molecule is CC1=C(C(=O)Nc2ccc(C)cc2C)C(c2ccc(NC(=O)C(C)(C)CCl)cc2)N2CCCSC2=N1. The number of hydrogen-bond acceptors (Lipinski definition) is 5. The number of amidine groups is 1. The average molecular weight is 525 g/mol. The number of alkyl halides is 1. The molecule has 2 aromatic carbocycles. The molecule has 0 saturated carbocycles. The highest BCUT2D eigenvalue weighted by Gasteiger charge is 2.37. The molecule has 0 bridgehead atoms. The third-order valence-corrected chi connectivity index (χ3v) is 8.31. The van der Waals surface area contributed by atoms with Gasteiger partial charge in [0.05, 0.1) is 22.7 Å². The molecule has 0 spiro atoms. The Morgan fingerprint density at radius 2 is 1.83 bits per heavy atom. The summed E-state index contributed by atoms with van der Waals surface area (Å²) in [5.41, 5.74) is 5.34. The summed E-state index contributed by atoms with van der Waals surface area (Å²) < 4.78 is 0. The maximum atomic E-state index is 13.7. The van der Waals surface area contributed by atoms with Crippen LogP contribution < -0.4 is 10.6 Å². The number of hydrogen-bond donors (Lipinski definition) is 2. The van der Waals surface area contributed by atoms with Crippen molar-refractivity contribution in [3.63, 3.8) is 0 Å². The molecule has 1 unspecified atom stereocenters. The molecular weight excluding hydrogens is 492 g/mol. The van der Waals surface area contributed by atoms with Gasteiger partial charge in [-0.1, -0.05) is 41.6 Å². The molecule has 6 nitrogen and oxygen atoms in total. The molecule has 2 N–H and O–H groups in total. The lowest BCUT2D eigenvalue weighted by Crippen LogP contribution is -2.43. The van der Waals surface area contributed by atoms with Crippen LogP contribution in [-0.4, -0.2) is 40.1 Å². The van der Waals surface area contributed by atoms with Gasteiger partial charge in [-0.3, -0.25) is 9.59 Å². The number of amides is 2. The van der Waals surface area contributed by atoms with Gasteiger partial charge in [0.1, 0.15) is 0 Å². The zero-order valence-corrected chi connectivity index (χ0v) is 23.0. The first kappa shape index (κ1) is 26.3. The number of aryl methyl sites for hydroxylation is 2. The lowest BCUT2D eigenvalue weighted by Gasteiger charge is -2.41. The minimum Gasteiger partial charge on any atom is -0.340 e. The summed E-state index contributed by atoms with van der Waals surface area (Å²) in [4.78, 5) is 33.3. The van der Waals surface area contributed by atoms with E-state index in [4.69, 9.17) is 16.6 Å². The quantitative estimate of drug-likeness (QED) is 0.437. The summed E-state index contributed by atoms with van der Waals surface area (Å²) in [7, 11) is 0. The molecule has 1 saturated heterocycles. The monoisotopic (exact) mass is 524 g/mol. The van der Waals surface area contributed by atoms with E-state index in [0.29, 0.717) is 11.3 Å². The maximum absolute atomic E-state index is 13.7. The van der Waals surface area contributed by atoms with E-state index in [0.717, 1.165) is 52.0 Å². The van der Waals surface area contributed by atoms with Crippen LogP contribution in [0, 0.1) is 19.3 Å². The first-order chi connectivity index (χ1) is 17.1. The third-order valence-electron chi connectivity index (χ3n) is 6.57. The number of aliphatic imine (C=N–C) groups is 1. The summed E-state index contributed by atoms with van der Waals surface area (Å²) in [5, 5.41) is 7.03. The van der Waals surface area contributed by atoms with Crippen molar-refractivity contribution in [2.45, 2.75) is 47.1 Å². The number of fused-ring (bicyclic) bond motifs is 1. The highest BCUT2D eigenvalue weighted by atomic mass is 35.5. The zero-order valence-electron chi connectivity index (χ0n) is 21.4. The van der Waals surface area contributed by atoms with Crippen LogP contribution in [0.4, 0.5) is 11.4 Å². The van der Waals surface area contributed by atoms with E-state index in [1.807, 2.05) is 71.0 Å². The minimum atomic E-state index is -0.667. The zero-order chi connectivity index (χ0) is 26.0. The molecule has 2 heterocycles. The molecule has 2 aliphatic rings. The van der Waals surface area contributed by atoms with Gasteiger partial charge in [-0.2, -0.15) is 0 Å². The molecule has 0 radical (unpaired) electrons. The summed E-state index contributed by atoms with van der Waals surface area (Å²) in [6, 6.07) is 13.5. The van der Waals surface area contributed by atoms with Crippen molar-refractivity contribution in [1.82, 2.24) is 4.90 Å². The van der Waals surface area contributed by atoms with Gasteiger partial charge < -0.3 is 15.5 Å². The molecule has 2 aliphatic heterocycles. The number of benzene rings is 2. The van der Waals surface area contributed by atoms with Crippen molar-refractivity contribution in [3.8, 4) is 0 Å². The number of carbonyl (C=O) groups excluding carboxylic acids is 2. The van der Waals surface area contributed by atoms with Crippen LogP contribution in [0.2, 0.25) is 0 Å². The molecule has 2 amide bonds. The van der Waals surface area contributed by atoms with Gasteiger partial charge in [-0.25, -0.2) is 4.99 Å². The Kier molecular flexibility index (Phi) is 7.81. The Bertz CT molecular complexity index is 1240. The van der Waals surface area contributed by atoms with E-state index in [2.05, 4.69) is 21.6 Å². The number of thioether (sulfide) groups is 1. The largest absolute Gasteiger partial charge is 0.340 e. The smallest absolute Gasteiger partial charge is 0.255 e. The number of anilines is 2. The number of halogens is 1. The summed E-state index contributed by atoms with van der Waals surface area (Å²) in [6.07, 6.45) is 1.02. The van der Waals surface area contributed by atoms with Gasteiger partial charge in [-0.05, 0) is 70.4 Å². The molecule has 1 fully saturated rings. The van der Waals surface area contributed by atoms with Crippen molar-refractivity contribution in [2.24, 2.45) is 10.4 Å². The van der Waals surface area contributed by atoms with Crippen molar-refractivity contribution < 1.29 is 9.59 Å². The Hall–Kier alpha value is -2.77. The van der Waals surface area contributed by atoms with Crippen LogP contribution in [-0.2, 0) is 9.59 Å². The van der Waals surface area contributed by atoms with Crippen LogP contribution in [0.15, 0.2) is 58.7 Å². The van der Waals surface area contributed by atoms with Crippen LogP contribution in [0.5, 0.6) is 0 Å². The lowest BCUT2D eigenvalue weighted by molar-refractivity contribution is -0.123. The summed E-state index contributed by atoms with van der Waals surface area (Å²) in [5.74, 6) is 0.968. The topological polar surface area (TPSA) is 73.8 Å². The molecule has 36 heavy (non-hydrogen) atoms. The van der Waals surface area contributed by atoms with Gasteiger partial charge in [-0.15, -0.1) is 11.6 Å². The van der Waals surface area contributed by atoms with Crippen molar-refractivity contribution in [2.75, 3.05) is 28.8 Å². The van der Waals surface area contributed by atoms with E-state index >= 15 is 0 Å². The number of nitrogens with one attached hydrogen (secondary N) is 2. The van der Waals surface area contributed by atoms with Gasteiger partial charge in [0.2, 0.25) is 5.91 Å². The predicted octanol–water partition coefficient (Wildman–Crippen LogP) is 6.27. The molecule has 8 heteroatoms. The van der Waals surface area contributed by atoms with Crippen LogP contribution in [0.3, 0.4) is 0 Å². The Balaban J connectivity index is 1.66. The Morgan fingerprint density at radius 1 is 1.11 bits per heavy atom. The fourth-order valence-corrected chi connectivity index (χ4v) is 5.50. The van der Waals surface area contributed by atoms with Crippen molar-refractivity contribution in [3.05, 3.63) is 70.4 Å². The third kappa shape index (κ3) is 5.47. The van der Waals surface area contributed by atoms with Crippen LogP contribution >= 0.6 is 23.4 Å². The first-order valence-corrected chi connectivity index (χ1v) is 13.7. The molecule has 0 aliphatic carbocycles. The number of nitrogens with zero attached hydrogens (tertiary/aromatic N) is 2. The van der Waals surface area contributed by atoms with Crippen LogP contribution in [0.1, 0.15) is 49.9 Å². The van der Waals surface area contributed by atoms with E-state index < -0.39 is 5.41 Å². The van der Waals surface area contributed by atoms with Gasteiger partial charge in [0.25, 0.3) is 5.91 Å². The molecule has 0 aromatic heterocycles. The molecule has 190 valence electrons. The second kappa shape index (κ2) is 10.7. The van der Waals surface area contributed by atoms with Gasteiger partial charge in [0.15, 0.2) is 5.17 Å². The van der Waals surface area contributed by atoms with Crippen molar-refractivity contribution >= 4 is 51.7 Å². The van der Waals surface area contributed by atoms with Crippen LogP contribution in [0.25, 0.3) is 0 Å². The molecular formula is C28H33ClN4O2S. The summed E-state index contributed by atoms with van der Waals surface area (Å²) >= 11 is 7.69. The van der Waals surface area contributed by atoms with Crippen molar-refractivity contribution in [1.29, 1.82) is 0 Å². The first-order valence-electron chi connectivity index (χ1n) is 12.2. The number of rotatable bonds is 6. The molecule has 1 atom stereocenters. The van der Waals surface area contributed by atoms with E-state index in [1.165, 1.54) is 0 Å². The van der Waals surface area contributed by atoms with E-state index in [-0.39, 0.29) is 23.7 Å². The minimum absolute atomic E-state index is 0.131. The Labute approximate surface area is 222 Å². The highest BCUT2D eigenvalue weighted by molar-refractivity contribution is 8.13. The van der Waals surface area contributed by atoms with E-state index in [1.54, 1.807) is 11.8 Å². The normalized spacial score (nSPS) is 17.9. The number of allylic oxidation sites excluding steroid dienone is 1. The average Bonchev–Trinajstić information content (AvgIpc) is 2.85. The van der Waals surface area contributed by atoms with Gasteiger partial charge >= 0.3 is 0 Å². The van der Waals surface area contributed by atoms with Gasteiger partial charge in [0, 0.05) is 29.6 Å². The second-order valence-electron chi connectivity index (χ2n) is 10.1. The lowest BCUT2D eigenvalue weighted by atomic mass is 9.92. The fourth-order valence-electron chi connectivity index (χ4n) is 4.36. The van der Waals surface area contributed by atoms with E-state index in [9.17, 15) is 9.59 Å². The Morgan fingerprint density at radius 3 is 2.50 bits per heavy atom. The highest BCUT2D eigenvalue weighted by Crippen LogP contribution is 2.40. The fraction of sp³-hybridized carbons (Fsp3) is 0.393. The second-order valence-corrected chi connectivity index (χ2v) is 11.4. The molecule has 2 aromatic rings. The maximum Gasteiger partial charge on any atom is 0.255 e.